The normalized spacial score (nSPS) is 11.4. The second-order valence-corrected chi connectivity index (χ2v) is 9.27. The Morgan fingerprint density at radius 1 is 0.618 bits per heavy atom. The summed E-state index contributed by atoms with van der Waals surface area (Å²) in [4.78, 5) is 27.9. The van der Waals surface area contributed by atoms with Crippen LogP contribution in [0.15, 0.2) is 48.5 Å². The minimum atomic E-state index is 0.149. The van der Waals surface area contributed by atoms with Gasteiger partial charge in [-0.25, -0.2) is 0 Å². The molecular weight excluding hydrogens is 428 g/mol. The van der Waals surface area contributed by atoms with E-state index < -0.39 is 0 Å². The Bertz CT molecular complexity index is 787. The van der Waals surface area contributed by atoms with Crippen molar-refractivity contribution in [1.29, 1.82) is 0 Å². The molecule has 0 fully saturated rings. The molecule has 6 heteroatoms. The average Bonchev–Trinajstić information content (AvgIpc) is 2.79. The van der Waals surface area contributed by atoms with Crippen molar-refractivity contribution in [3.8, 4) is 11.1 Å². The first-order chi connectivity index (χ1) is 16.3. The molecule has 6 nitrogen and oxygen atoms in total. The van der Waals surface area contributed by atoms with Gasteiger partial charge in [0.2, 0.25) is 0 Å². The second kappa shape index (κ2) is 15.5. The number of Topliss-reactive ketones (excluding diaryl/α,β-unsaturated/α-hetero) is 2. The largest absolute Gasteiger partial charge is 0.369 e. The second-order valence-electron chi connectivity index (χ2n) is 9.27. The first kappa shape index (κ1) is 27.9. The Morgan fingerprint density at radius 2 is 0.971 bits per heavy atom. The van der Waals surface area contributed by atoms with Crippen LogP contribution in [0.25, 0.3) is 11.1 Å². The Morgan fingerprint density at radius 3 is 1.29 bits per heavy atom. The lowest BCUT2D eigenvalue weighted by molar-refractivity contribution is -0.124. The van der Waals surface area contributed by atoms with Gasteiger partial charge in [0.15, 0.2) is 11.6 Å². The quantitative estimate of drug-likeness (QED) is 0.347. The minimum Gasteiger partial charge on any atom is -0.369 e. The summed E-state index contributed by atoms with van der Waals surface area (Å²) in [5.74, 6) is 0.299. The van der Waals surface area contributed by atoms with E-state index in [1.54, 1.807) is 0 Å². The van der Waals surface area contributed by atoms with Gasteiger partial charge in [0, 0.05) is 12.8 Å². The molecule has 2 aromatic carbocycles. The third kappa shape index (κ3) is 11.7. The van der Waals surface area contributed by atoms with Crippen LogP contribution in [0.3, 0.4) is 0 Å². The van der Waals surface area contributed by atoms with Crippen LogP contribution < -0.4 is 0 Å². The standard InChI is InChI=1S/C28H40N2O4/c1-29(2)17-5-7-27(31)21-33-19-23-9-13-25(14-10-23)26-15-11-24(12-16-26)20-34-22-28(32)8-6-18-30(3)4/h9-16H,5-8,17-22H2,1-4H3. The van der Waals surface area contributed by atoms with Crippen LogP contribution in [0.1, 0.15) is 36.8 Å². The van der Waals surface area contributed by atoms with Gasteiger partial charge < -0.3 is 19.3 Å². The third-order valence-corrected chi connectivity index (χ3v) is 5.43. The molecule has 186 valence electrons. The first-order valence-corrected chi connectivity index (χ1v) is 12.0. The summed E-state index contributed by atoms with van der Waals surface area (Å²) in [6.07, 6.45) is 2.85. The monoisotopic (exact) mass is 468 g/mol. The predicted octanol–water partition coefficient (Wildman–Crippen LogP) is 4.21. The average molecular weight is 469 g/mol. The molecule has 0 aliphatic carbocycles. The highest BCUT2D eigenvalue weighted by molar-refractivity contribution is 5.80. The lowest BCUT2D eigenvalue weighted by Crippen LogP contribution is -2.16. The van der Waals surface area contributed by atoms with E-state index in [1.165, 1.54) is 0 Å². The SMILES string of the molecule is CN(C)CCCC(=O)COCc1ccc(-c2ccc(COCC(=O)CCCN(C)C)cc2)cc1. The topological polar surface area (TPSA) is 59.1 Å². The summed E-state index contributed by atoms with van der Waals surface area (Å²) < 4.78 is 11.2. The summed E-state index contributed by atoms with van der Waals surface area (Å²) >= 11 is 0. The van der Waals surface area contributed by atoms with Gasteiger partial charge in [-0.3, -0.25) is 9.59 Å². The third-order valence-electron chi connectivity index (χ3n) is 5.43. The van der Waals surface area contributed by atoms with Crippen LogP contribution in [-0.4, -0.2) is 75.9 Å². The minimum absolute atomic E-state index is 0.149. The van der Waals surface area contributed by atoms with E-state index in [0.29, 0.717) is 26.1 Å². The van der Waals surface area contributed by atoms with Crippen molar-refractivity contribution in [1.82, 2.24) is 9.80 Å². The fourth-order valence-electron chi connectivity index (χ4n) is 3.48. The molecule has 0 saturated carbocycles. The molecule has 0 spiro atoms. The maximum atomic E-state index is 11.9. The predicted molar refractivity (Wildman–Crippen MR) is 137 cm³/mol. The van der Waals surface area contributed by atoms with Crippen molar-refractivity contribution in [3.05, 3.63) is 59.7 Å². The van der Waals surface area contributed by atoms with Crippen LogP contribution in [0.2, 0.25) is 0 Å². The number of ketones is 2. The number of carbonyl (C=O) groups is 2. The molecule has 0 atom stereocenters. The summed E-state index contributed by atoms with van der Waals surface area (Å²) in [5.41, 5.74) is 4.33. The lowest BCUT2D eigenvalue weighted by atomic mass is 10.0. The van der Waals surface area contributed by atoms with Gasteiger partial charge in [-0.1, -0.05) is 48.5 Å². The van der Waals surface area contributed by atoms with Gasteiger partial charge in [0.05, 0.1) is 13.2 Å². The summed E-state index contributed by atoms with van der Waals surface area (Å²) in [6.45, 7) is 3.03. The van der Waals surface area contributed by atoms with Gasteiger partial charge in [0.1, 0.15) is 13.2 Å². The van der Waals surface area contributed by atoms with E-state index in [9.17, 15) is 9.59 Å². The highest BCUT2D eigenvalue weighted by Gasteiger charge is 2.05. The zero-order chi connectivity index (χ0) is 24.8. The van der Waals surface area contributed by atoms with E-state index in [0.717, 1.165) is 48.2 Å². The highest BCUT2D eigenvalue weighted by Crippen LogP contribution is 2.21. The molecule has 0 unspecified atom stereocenters. The molecule has 0 aliphatic rings. The van der Waals surface area contributed by atoms with E-state index in [-0.39, 0.29) is 24.8 Å². The van der Waals surface area contributed by atoms with E-state index in [1.807, 2.05) is 52.5 Å². The van der Waals surface area contributed by atoms with Gasteiger partial charge in [0.25, 0.3) is 0 Å². The molecule has 34 heavy (non-hydrogen) atoms. The van der Waals surface area contributed by atoms with Crippen molar-refractivity contribution in [3.63, 3.8) is 0 Å². The first-order valence-electron chi connectivity index (χ1n) is 12.0. The molecule has 0 aromatic heterocycles. The molecule has 0 heterocycles. The van der Waals surface area contributed by atoms with Crippen molar-refractivity contribution >= 4 is 11.6 Å². The van der Waals surface area contributed by atoms with Crippen molar-refractivity contribution in [2.45, 2.75) is 38.9 Å². The number of rotatable bonds is 17. The molecule has 0 N–H and O–H groups in total. The number of hydrogen-bond acceptors (Lipinski definition) is 6. The van der Waals surface area contributed by atoms with Crippen LogP contribution in [0.5, 0.6) is 0 Å². The van der Waals surface area contributed by atoms with Crippen LogP contribution >= 0.6 is 0 Å². The molecule has 0 radical (unpaired) electrons. The molecule has 0 aliphatic heterocycles. The molecule has 0 bridgehead atoms. The van der Waals surface area contributed by atoms with Gasteiger partial charge in [-0.05, 0) is 76.4 Å². The smallest absolute Gasteiger partial charge is 0.158 e. The Hall–Kier alpha value is -2.38. The summed E-state index contributed by atoms with van der Waals surface area (Å²) in [7, 11) is 8.03. The Balaban J connectivity index is 1.70. The Labute approximate surface area is 204 Å². The van der Waals surface area contributed by atoms with Crippen LogP contribution in [0, 0.1) is 0 Å². The highest BCUT2D eigenvalue weighted by atomic mass is 16.5. The number of ether oxygens (including phenoxy) is 2. The van der Waals surface area contributed by atoms with Gasteiger partial charge >= 0.3 is 0 Å². The lowest BCUT2D eigenvalue weighted by Gasteiger charge is -2.09. The van der Waals surface area contributed by atoms with E-state index in [4.69, 9.17) is 9.47 Å². The maximum absolute atomic E-state index is 11.9. The summed E-state index contributed by atoms with van der Waals surface area (Å²) in [5, 5.41) is 0. The van der Waals surface area contributed by atoms with Crippen LogP contribution in [0.4, 0.5) is 0 Å². The number of hydrogen-bond donors (Lipinski definition) is 0. The number of carbonyl (C=O) groups excluding carboxylic acids is 2. The molecule has 2 aromatic rings. The van der Waals surface area contributed by atoms with E-state index >= 15 is 0 Å². The molecule has 0 amide bonds. The van der Waals surface area contributed by atoms with Crippen molar-refractivity contribution in [2.24, 2.45) is 0 Å². The summed E-state index contributed by atoms with van der Waals surface area (Å²) in [6, 6.07) is 16.4. The molecule has 0 saturated heterocycles. The fourth-order valence-corrected chi connectivity index (χ4v) is 3.48. The van der Waals surface area contributed by atoms with Gasteiger partial charge in [-0.15, -0.1) is 0 Å². The zero-order valence-electron chi connectivity index (χ0n) is 21.2. The van der Waals surface area contributed by atoms with E-state index in [2.05, 4.69) is 34.1 Å². The van der Waals surface area contributed by atoms with Gasteiger partial charge in [-0.2, -0.15) is 0 Å². The molecular formula is C28H40N2O4. The van der Waals surface area contributed by atoms with Crippen LogP contribution in [-0.2, 0) is 32.3 Å². The van der Waals surface area contributed by atoms with Crippen molar-refractivity contribution in [2.75, 3.05) is 54.5 Å². The maximum Gasteiger partial charge on any atom is 0.158 e. The number of nitrogens with zero attached hydrogens (tertiary/aromatic N) is 2. The molecule has 2 rings (SSSR count). The number of benzene rings is 2. The zero-order valence-corrected chi connectivity index (χ0v) is 21.2. The Kier molecular flexibility index (Phi) is 12.7. The fraction of sp³-hybridized carbons (Fsp3) is 0.500. The van der Waals surface area contributed by atoms with Crippen molar-refractivity contribution < 1.29 is 19.1 Å².